The van der Waals surface area contributed by atoms with Crippen molar-refractivity contribution in [3.05, 3.63) is 0 Å². The number of nitrogens with zero attached hydrogens (tertiary/aromatic N) is 1. The van der Waals surface area contributed by atoms with Gasteiger partial charge < -0.3 is 15.3 Å². The van der Waals surface area contributed by atoms with Gasteiger partial charge >= 0.3 is 0 Å². The highest BCUT2D eigenvalue weighted by atomic mass is 16.3. The number of likely N-dealkylation sites (tertiary alicyclic amines) is 1. The summed E-state index contributed by atoms with van der Waals surface area (Å²) in [6.07, 6.45) is 6.67. The molecule has 2 saturated heterocycles. The van der Waals surface area contributed by atoms with E-state index in [9.17, 15) is 5.11 Å². The molecule has 2 N–H and O–H groups in total. The van der Waals surface area contributed by atoms with Crippen molar-refractivity contribution in [2.24, 2.45) is 5.92 Å². The van der Waals surface area contributed by atoms with Crippen molar-refractivity contribution in [1.82, 2.24) is 10.2 Å². The van der Waals surface area contributed by atoms with Crippen LogP contribution in [-0.4, -0.2) is 47.8 Å². The SMILES string of the molecule is CCCN1CCCC(O)(C2CC(C)CCN2)CC1. The molecule has 3 unspecified atom stereocenters. The normalized spacial score (nSPS) is 39.5. The zero-order valence-electron chi connectivity index (χ0n) is 12.1. The van der Waals surface area contributed by atoms with E-state index >= 15 is 0 Å². The van der Waals surface area contributed by atoms with Gasteiger partial charge in [0, 0.05) is 12.6 Å². The zero-order chi connectivity index (χ0) is 13.0. The van der Waals surface area contributed by atoms with Crippen molar-refractivity contribution in [1.29, 1.82) is 0 Å². The van der Waals surface area contributed by atoms with Crippen LogP contribution >= 0.6 is 0 Å². The molecule has 0 amide bonds. The lowest BCUT2D eigenvalue weighted by Gasteiger charge is -2.40. The molecule has 2 aliphatic heterocycles. The Kier molecular flexibility index (Phi) is 5.05. The van der Waals surface area contributed by atoms with Gasteiger partial charge in [-0.1, -0.05) is 13.8 Å². The number of hydrogen-bond donors (Lipinski definition) is 2. The molecule has 0 bridgehead atoms. The summed E-state index contributed by atoms with van der Waals surface area (Å²) in [5.41, 5.74) is -0.461. The van der Waals surface area contributed by atoms with E-state index < -0.39 is 5.60 Å². The van der Waals surface area contributed by atoms with E-state index in [0.717, 1.165) is 44.7 Å². The van der Waals surface area contributed by atoms with Crippen LogP contribution in [0.15, 0.2) is 0 Å². The van der Waals surface area contributed by atoms with Crippen LogP contribution in [0.3, 0.4) is 0 Å². The topological polar surface area (TPSA) is 35.5 Å². The Morgan fingerprint density at radius 2 is 2.17 bits per heavy atom. The Bertz CT molecular complexity index is 259. The van der Waals surface area contributed by atoms with Crippen LogP contribution < -0.4 is 5.32 Å². The number of aliphatic hydroxyl groups is 1. The molecule has 2 heterocycles. The van der Waals surface area contributed by atoms with Crippen LogP contribution in [0, 0.1) is 5.92 Å². The predicted molar refractivity (Wildman–Crippen MR) is 75.7 cm³/mol. The minimum atomic E-state index is -0.461. The van der Waals surface area contributed by atoms with Crippen molar-refractivity contribution in [3.63, 3.8) is 0 Å². The molecule has 0 radical (unpaired) electrons. The minimum absolute atomic E-state index is 0.322. The van der Waals surface area contributed by atoms with Gasteiger partial charge in [-0.05, 0) is 64.1 Å². The molecule has 3 heteroatoms. The molecule has 0 aromatic heterocycles. The van der Waals surface area contributed by atoms with Crippen molar-refractivity contribution < 1.29 is 5.11 Å². The molecule has 0 saturated carbocycles. The van der Waals surface area contributed by atoms with Crippen LogP contribution in [0.5, 0.6) is 0 Å². The summed E-state index contributed by atoms with van der Waals surface area (Å²) in [5.74, 6) is 0.760. The smallest absolute Gasteiger partial charge is 0.0812 e. The third-order valence-electron chi connectivity index (χ3n) is 4.80. The van der Waals surface area contributed by atoms with Gasteiger partial charge in [0.15, 0.2) is 0 Å². The molecule has 0 aromatic rings. The van der Waals surface area contributed by atoms with Gasteiger partial charge in [-0.3, -0.25) is 0 Å². The van der Waals surface area contributed by atoms with Gasteiger partial charge in [-0.15, -0.1) is 0 Å². The number of hydrogen-bond acceptors (Lipinski definition) is 3. The Balaban J connectivity index is 1.93. The molecular weight excluding hydrogens is 224 g/mol. The monoisotopic (exact) mass is 254 g/mol. The van der Waals surface area contributed by atoms with E-state index in [1.807, 2.05) is 0 Å². The van der Waals surface area contributed by atoms with Crippen molar-refractivity contribution in [2.45, 2.75) is 64.0 Å². The van der Waals surface area contributed by atoms with E-state index in [1.54, 1.807) is 0 Å². The highest BCUT2D eigenvalue weighted by molar-refractivity contribution is 4.96. The number of nitrogens with one attached hydrogen (secondary N) is 1. The van der Waals surface area contributed by atoms with Crippen molar-refractivity contribution >= 4 is 0 Å². The Morgan fingerprint density at radius 3 is 2.89 bits per heavy atom. The molecule has 3 nitrogen and oxygen atoms in total. The summed E-state index contributed by atoms with van der Waals surface area (Å²) >= 11 is 0. The predicted octanol–water partition coefficient (Wildman–Crippen LogP) is 2.00. The van der Waals surface area contributed by atoms with Crippen LogP contribution in [0.4, 0.5) is 0 Å². The first-order valence-corrected chi connectivity index (χ1v) is 7.82. The third kappa shape index (κ3) is 3.46. The lowest BCUT2D eigenvalue weighted by atomic mass is 9.79. The van der Waals surface area contributed by atoms with Gasteiger partial charge in [0.1, 0.15) is 0 Å². The first-order chi connectivity index (χ1) is 8.64. The first kappa shape index (κ1) is 14.3. The molecule has 2 fully saturated rings. The average Bonchev–Trinajstić information content (AvgIpc) is 2.54. The summed E-state index contributed by atoms with van der Waals surface area (Å²) in [6.45, 7) is 9.05. The highest BCUT2D eigenvalue weighted by Crippen LogP contribution is 2.31. The van der Waals surface area contributed by atoms with E-state index in [2.05, 4.69) is 24.1 Å². The fourth-order valence-electron chi connectivity index (χ4n) is 3.60. The maximum absolute atomic E-state index is 11.0. The van der Waals surface area contributed by atoms with Gasteiger partial charge in [0.2, 0.25) is 0 Å². The summed E-state index contributed by atoms with van der Waals surface area (Å²) in [4.78, 5) is 2.52. The van der Waals surface area contributed by atoms with E-state index in [4.69, 9.17) is 0 Å². The highest BCUT2D eigenvalue weighted by Gasteiger charge is 2.39. The lowest BCUT2D eigenvalue weighted by Crippen LogP contribution is -2.54. The lowest BCUT2D eigenvalue weighted by molar-refractivity contribution is -0.0254. The van der Waals surface area contributed by atoms with E-state index in [-0.39, 0.29) is 0 Å². The average molecular weight is 254 g/mol. The second-order valence-corrected chi connectivity index (χ2v) is 6.44. The Morgan fingerprint density at radius 1 is 1.33 bits per heavy atom. The molecule has 2 aliphatic rings. The number of piperidine rings is 1. The molecule has 2 rings (SSSR count). The number of rotatable bonds is 3. The zero-order valence-corrected chi connectivity index (χ0v) is 12.1. The minimum Gasteiger partial charge on any atom is -0.388 e. The van der Waals surface area contributed by atoms with Crippen molar-refractivity contribution in [2.75, 3.05) is 26.2 Å². The maximum atomic E-state index is 11.0. The molecule has 3 atom stereocenters. The molecule has 106 valence electrons. The van der Waals surface area contributed by atoms with Gasteiger partial charge in [0.25, 0.3) is 0 Å². The third-order valence-corrected chi connectivity index (χ3v) is 4.80. The molecular formula is C15H30N2O. The van der Waals surface area contributed by atoms with Crippen LogP contribution in [0.1, 0.15) is 52.4 Å². The van der Waals surface area contributed by atoms with Gasteiger partial charge in [-0.25, -0.2) is 0 Å². The standard InChI is InChI=1S/C15H30N2O/c1-3-9-17-10-4-6-15(18,7-11-17)14-12-13(2)5-8-16-14/h13-14,16,18H,3-12H2,1-2H3. The van der Waals surface area contributed by atoms with Gasteiger partial charge in [-0.2, -0.15) is 0 Å². The van der Waals surface area contributed by atoms with E-state index in [1.165, 1.54) is 25.9 Å². The summed E-state index contributed by atoms with van der Waals surface area (Å²) < 4.78 is 0. The fraction of sp³-hybridized carbons (Fsp3) is 1.00. The second kappa shape index (κ2) is 6.36. The molecule has 0 spiro atoms. The van der Waals surface area contributed by atoms with Gasteiger partial charge in [0.05, 0.1) is 5.60 Å². The summed E-state index contributed by atoms with van der Waals surface area (Å²) in [6, 6.07) is 0.322. The largest absolute Gasteiger partial charge is 0.388 e. The van der Waals surface area contributed by atoms with Crippen LogP contribution in [0.2, 0.25) is 0 Å². The van der Waals surface area contributed by atoms with Crippen LogP contribution in [0.25, 0.3) is 0 Å². The second-order valence-electron chi connectivity index (χ2n) is 6.44. The molecule has 18 heavy (non-hydrogen) atoms. The Hall–Kier alpha value is -0.120. The Labute approximate surface area is 112 Å². The summed E-state index contributed by atoms with van der Waals surface area (Å²) in [5, 5.41) is 14.6. The summed E-state index contributed by atoms with van der Waals surface area (Å²) in [7, 11) is 0. The maximum Gasteiger partial charge on any atom is 0.0812 e. The van der Waals surface area contributed by atoms with E-state index in [0.29, 0.717) is 6.04 Å². The molecule has 0 aromatic carbocycles. The molecule has 0 aliphatic carbocycles. The van der Waals surface area contributed by atoms with Crippen molar-refractivity contribution in [3.8, 4) is 0 Å². The van der Waals surface area contributed by atoms with Crippen LogP contribution in [-0.2, 0) is 0 Å². The first-order valence-electron chi connectivity index (χ1n) is 7.82. The quantitative estimate of drug-likeness (QED) is 0.808. The fourth-order valence-corrected chi connectivity index (χ4v) is 3.60.